The van der Waals surface area contributed by atoms with Crippen molar-refractivity contribution >= 4 is 40.5 Å². The maximum absolute atomic E-state index is 13.2. The van der Waals surface area contributed by atoms with Crippen molar-refractivity contribution in [2.45, 2.75) is 0 Å². The van der Waals surface area contributed by atoms with E-state index in [4.69, 9.17) is 35.0 Å². The van der Waals surface area contributed by atoms with E-state index in [9.17, 15) is 4.79 Å². The Labute approximate surface area is 202 Å². The van der Waals surface area contributed by atoms with E-state index in [1.807, 2.05) is 42.5 Å². The van der Waals surface area contributed by atoms with Crippen LogP contribution in [-0.2, 0) is 0 Å². The fourth-order valence-corrected chi connectivity index (χ4v) is 3.85. The van der Waals surface area contributed by atoms with Gasteiger partial charge >= 0.3 is 0 Å². The molecule has 0 unspecified atom stereocenters. The minimum Gasteiger partial charge on any atom is -0.496 e. The second-order valence-corrected chi connectivity index (χ2v) is 7.81. The van der Waals surface area contributed by atoms with Crippen molar-refractivity contribution in [1.29, 1.82) is 0 Å². The van der Waals surface area contributed by atoms with Crippen LogP contribution in [0.15, 0.2) is 59.0 Å². The quantitative estimate of drug-likeness (QED) is 0.212. The predicted octanol–water partition coefficient (Wildman–Crippen LogP) is 6.52. The van der Waals surface area contributed by atoms with Crippen LogP contribution in [-0.4, -0.2) is 34.2 Å². The molecular formula is C27H23ClO6. The van der Waals surface area contributed by atoms with Gasteiger partial charge in [0.2, 0.25) is 11.5 Å². The van der Waals surface area contributed by atoms with E-state index in [1.165, 1.54) is 21.3 Å². The van der Waals surface area contributed by atoms with Crippen molar-refractivity contribution in [1.82, 2.24) is 0 Å². The molecule has 3 aromatic carbocycles. The Kier molecular flexibility index (Phi) is 6.80. The SMILES string of the molecule is COc1cc2oc(C(=O)c3cc(OC)c(OC)c(OC)c3)cc2cc1/C=C/c1cccc(Cl)c1. The zero-order valence-corrected chi connectivity index (χ0v) is 19.9. The fourth-order valence-electron chi connectivity index (χ4n) is 3.66. The lowest BCUT2D eigenvalue weighted by atomic mass is 10.1. The number of benzene rings is 3. The van der Waals surface area contributed by atoms with Gasteiger partial charge in [-0.25, -0.2) is 0 Å². The Hall–Kier alpha value is -3.90. The molecule has 34 heavy (non-hydrogen) atoms. The van der Waals surface area contributed by atoms with Crippen LogP contribution in [0.5, 0.6) is 23.0 Å². The number of furan rings is 1. The maximum Gasteiger partial charge on any atom is 0.228 e. The third-order valence-electron chi connectivity index (χ3n) is 5.32. The zero-order chi connectivity index (χ0) is 24.2. The normalized spacial score (nSPS) is 11.1. The van der Waals surface area contributed by atoms with Gasteiger partial charge in [-0.15, -0.1) is 0 Å². The summed E-state index contributed by atoms with van der Waals surface area (Å²) in [5, 5.41) is 1.43. The average molecular weight is 479 g/mol. The van der Waals surface area contributed by atoms with Crippen molar-refractivity contribution in [3.8, 4) is 23.0 Å². The third kappa shape index (κ3) is 4.58. The van der Waals surface area contributed by atoms with Gasteiger partial charge in [0.05, 0.1) is 28.4 Å². The molecule has 174 valence electrons. The van der Waals surface area contributed by atoms with E-state index in [0.29, 0.717) is 39.2 Å². The average Bonchev–Trinajstić information content (AvgIpc) is 3.28. The largest absolute Gasteiger partial charge is 0.496 e. The monoisotopic (exact) mass is 478 g/mol. The number of hydrogen-bond donors (Lipinski definition) is 0. The molecule has 0 bridgehead atoms. The van der Waals surface area contributed by atoms with E-state index < -0.39 is 0 Å². The van der Waals surface area contributed by atoms with E-state index >= 15 is 0 Å². The summed E-state index contributed by atoms with van der Waals surface area (Å²) in [6, 6.07) is 16.1. The van der Waals surface area contributed by atoms with Gasteiger partial charge in [-0.1, -0.05) is 35.9 Å². The lowest BCUT2D eigenvalue weighted by molar-refractivity contribution is 0.101. The van der Waals surface area contributed by atoms with Crippen molar-refractivity contribution in [2.24, 2.45) is 0 Å². The fraction of sp³-hybridized carbons (Fsp3) is 0.148. The molecule has 1 aromatic heterocycles. The molecule has 0 saturated carbocycles. The number of ether oxygens (including phenoxy) is 4. The van der Waals surface area contributed by atoms with Crippen molar-refractivity contribution in [2.75, 3.05) is 28.4 Å². The Morgan fingerprint density at radius 2 is 1.53 bits per heavy atom. The Bertz CT molecular complexity index is 1360. The number of hydrogen-bond acceptors (Lipinski definition) is 6. The number of halogens is 1. The molecule has 0 atom stereocenters. The van der Waals surface area contributed by atoms with Crippen molar-refractivity contribution < 1.29 is 28.2 Å². The summed E-state index contributed by atoms with van der Waals surface area (Å²) in [6.45, 7) is 0. The van der Waals surface area contributed by atoms with Crippen molar-refractivity contribution in [3.05, 3.63) is 82.1 Å². The number of rotatable bonds is 8. The second kappa shape index (κ2) is 9.93. The topological polar surface area (TPSA) is 67.1 Å². The highest BCUT2D eigenvalue weighted by molar-refractivity contribution is 6.30. The highest BCUT2D eigenvalue weighted by atomic mass is 35.5. The molecule has 4 aromatic rings. The molecule has 1 heterocycles. The van der Waals surface area contributed by atoms with Crippen LogP contribution in [0.1, 0.15) is 27.2 Å². The predicted molar refractivity (Wildman–Crippen MR) is 133 cm³/mol. The molecule has 0 aliphatic heterocycles. The number of fused-ring (bicyclic) bond motifs is 1. The Morgan fingerprint density at radius 3 is 2.15 bits per heavy atom. The van der Waals surface area contributed by atoms with E-state index in [-0.39, 0.29) is 11.5 Å². The highest BCUT2D eigenvalue weighted by Crippen LogP contribution is 2.39. The van der Waals surface area contributed by atoms with Crippen LogP contribution >= 0.6 is 11.6 Å². The molecule has 0 N–H and O–H groups in total. The third-order valence-corrected chi connectivity index (χ3v) is 5.56. The van der Waals surface area contributed by atoms with Crippen LogP contribution in [0, 0.1) is 0 Å². The molecular weight excluding hydrogens is 456 g/mol. The van der Waals surface area contributed by atoms with Gasteiger partial charge in [0.1, 0.15) is 11.3 Å². The standard InChI is InChI=1S/C27H23ClO6/c1-30-21-15-22-18(11-17(21)9-8-16-6-5-7-20(28)10-16)12-23(34-22)26(29)19-13-24(31-2)27(33-4)25(14-19)32-3/h5-15H,1-4H3/b9-8+. The Balaban J connectivity index is 1.72. The van der Waals surface area contributed by atoms with Crippen LogP contribution < -0.4 is 18.9 Å². The highest BCUT2D eigenvalue weighted by Gasteiger charge is 2.21. The molecule has 6 nitrogen and oxygen atoms in total. The summed E-state index contributed by atoms with van der Waals surface area (Å²) in [7, 11) is 6.09. The molecule has 0 radical (unpaired) electrons. The van der Waals surface area contributed by atoms with Crippen LogP contribution in [0.2, 0.25) is 5.02 Å². The summed E-state index contributed by atoms with van der Waals surface area (Å²) in [6.07, 6.45) is 3.87. The first kappa shape index (κ1) is 23.3. The number of methoxy groups -OCH3 is 4. The smallest absolute Gasteiger partial charge is 0.228 e. The van der Waals surface area contributed by atoms with Crippen molar-refractivity contribution in [3.63, 3.8) is 0 Å². The van der Waals surface area contributed by atoms with Gasteiger partial charge < -0.3 is 23.4 Å². The minimum atomic E-state index is -0.314. The first-order valence-corrected chi connectivity index (χ1v) is 10.7. The summed E-state index contributed by atoms with van der Waals surface area (Å²) in [4.78, 5) is 13.2. The Morgan fingerprint density at radius 1 is 0.824 bits per heavy atom. The van der Waals surface area contributed by atoms with Gasteiger partial charge in [-0.2, -0.15) is 0 Å². The molecule has 0 saturated heterocycles. The maximum atomic E-state index is 13.2. The minimum absolute atomic E-state index is 0.183. The van der Waals surface area contributed by atoms with Gasteiger partial charge in [0.25, 0.3) is 0 Å². The molecule has 4 rings (SSSR count). The number of carbonyl (C=O) groups excluding carboxylic acids is 1. The van der Waals surface area contributed by atoms with Gasteiger partial charge in [0.15, 0.2) is 17.3 Å². The number of carbonyl (C=O) groups is 1. The first-order chi connectivity index (χ1) is 16.5. The lowest BCUT2D eigenvalue weighted by Gasteiger charge is -2.13. The van der Waals surface area contributed by atoms with Gasteiger partial charge in [0, 0.05) is 27.6 Å². The van der Waals surface area contributed by atoms with Crippen LogP contribution in [0.25, 0.3) is 23.1 Å². The summed E-state index contributed by atoms with van der Waals surface area (Å²) in [5.74, 6) is 1.67. The van der Waals surface area contributed by atoms with Gasteiger partial charge in [-0.3, -0.25) is 4.79 Å². The summed E-state index contributed by atoms with van der Waals surface area (Å²) < 4.78 is 27.5. The summed E-state index contributed by atoms with van der Waals surface area (Å²) in [5.41, 5.74) is 2.68. The van der Waals surface area contributed by atoms with Gasteiger partial charge in [-0.05, 0) is 42.0 Å². The van der Waals surface area contributed by atoms with Crippen LogP contribution in [0.3, 0.4) is 0 Å². The molecule has 0 amide bonds. The van der Waals surface area contributed by atoms with E-state index in [2.05, 4.69) is 0 Å². The molecule has 7 heteroatoms. The molecule has 0 fully saturated rings. The molecule has 0 aliphatic rings. The van der Waals surface area contributed by atoms with E-state index in [1.54, 1.807) is 31.4 Å². The van der Waals surface area contributed by atoms with Crippen LogP contribution in [0.4, 0.5) is 0 Å². The molecule has 0 spiro atoms. The zero-order valence-electron chi connectivity index (χ0n) is 19.2. The van der Waals surface area contributed by atoms with E-state index in [0.717, 1.165) is 16.5 Å². The molecule has 0 aliphatic carbocycles. The lowest BCUT2D eigenvalue weighted by Crippen LogP contribution is -2.03. The first-order valence-electron chi connectivity index (χ1n) is 10.4. The second-order valence-electron chi connectivity index (χ2n) is 7.37. The summed E-state index contributed by atoms with van der Waals surface area (Å²) >= 11 is 6.08. The number of ketones is 1.